The number of carbonyl (C=O) groups excluding carboxylic acids is 1. The van der Waals surface area contributed by atoms with Gasteiger partial charge in [-0.05, 0) is 18.8 Å². The van der Waals surface area contributed by atoms with E-state index in [0.29, 0.717) is 11.9 Å². The molecular formula is C11H20F2N4O. The van der Waals surface area contributed by atoms with Crippen molar-refractivity contribution in [3.8, 4) is 0 Å². The molecule has 5 nitrogen and oxygen atoms in total. The Bertz CT molecular complexity index is 309. The molecule has 3 N–H and O–H groups in total. The molecule has 1 atom stereocenters. The maximum Gasteiger partial charge on any atom is 0.255 e. The highest BCUT2D eigenvalue weighted by molar-refractivity contribution is 5.84. The molecule has 0 aromatic rings. The van der Waals surface area contributed by atoms with Gasteiger partial charge in [0.1, 0.15) is 6.54 Å². The molecule has 104 valence electrons. The van der Waals surface area contributed by atoms with Crippen molar-refractivity contribution in [1.82, 2.24) is 10.2 Å². The van der Waals surface area contributed by atoms with Gasteiger partial charge < -0.3 is 16.0 Å². The summed E-state index contributed by atoms with van der Waals surface area (Å²) in [5.41, 5.74) is 5.76. The smallest absolute Gasteiger partial charge is 0.255 e. The molecule has 0 bridgehead atoms. The van der Waals surface area contributed by atoms with Gasteiger partial charge in [-0.1, -0.05) is 6.92 Å². The minimum atomic E-state index is -2.54. The highest BCUT2D eigenvalue weighted by atomic mass is 19.3. The Morgan fingerprint density at radius 1 is 1.61 bits per heavy atom. The first kappa shape index (κ1) is 14.7. The predicted molar refractivity (Wildman–Crippen MR) is 65.5 cm³/mol. The molecular weight excluding hydrogens is 242 g/mol. The van der Waals surface area contributed by atoms with E-state index in [-0.39, 0.29) is 6.54 Å². The van der Waals surface area contributed by atoms with Crippen molar-refractivity contribution in [3.63, 3.8) is 0 Å². The summed E-state index contributed by atoms with van der Waals surface area (Å²) in [4.78, 5) is 17.0. The lowest BCUT2D eigenvalue weighted by Gasteiger charge is -2.31. The molecule has 18 heavy (non-hydrogen) atoms. The van der Waals surface area contributed by atoms with Gasteiger partial charge in [0.15, 0.2) is 5.96 Å². The fraction of sp³-hybridized carbons (Fsp3) is 0.818. The van der Waals surface area contributed by atoms with Crippen molar-refractivity contribution in [2.24, 2.45) is 16.6 Å². The first-order valence-corrected chi connectivity index (χ1v) is 6.08. The van der Waals surface area contributed by atoms with E-state index in [4.69, 9.17) is 5.73 Å². The number of nitrogens with one attached hydrogen (secondary N) is 1. The van der Waals surface area contributed by atoms with Gasteiger partial charge >= 0.3 is 0 Å². The number of hydrogen-bond acceptors (Lipinski definition) is 2. The van der Waals surface area contributed by atoms with E-state index in [9.17, 15) is 13.6 Å². The summed E-state index contributed by atoms with van der Waals surface area (Å²) >= 11 is 0. The SMILES string of the molecule is CC1CCCN(C(N)=NCC(=O)NCC(F)F)C1. The largest absolute Gasteiger partial charge is 0.370 e. The minimum Gasteiger partial charge on any atom is -0.370 e. The van der Waals surface area contributed by atoms with Crippen molar-refractivity contribution in [1.29, 1.82) is 0 Å². The Morgan fingerprint density at radius 3 is 2.94 bits per heavy atom. The maximum absolute atomic E-state index is 11.8. The van der Waals surface area contributed by atoms with Crippen LogP contribution in [0.1, 0.15) is 19.8 Å². The molecule has 1 fully saturated rings. The van der Waals surface area contributed by atoms with Crippen LogP contribution in [-0.4, -0.2) is 49.4 Å². The summed E-state index contributed by atoms with van der Waals surface area (Å²) in [7, 11) is 0. The number of likely N-dealkylation sites (tertiary alicyclic amines) is 1. The molecule has 0 radical (unpaired) electrons. The van der Waals surface area contributed by atoms with Gasteiger partial charge in [0.05, 0.1) is 6.54 Å². The van der Waals surface area contributed by atoms with Crippen LogP contribution in [0.2, 0.25) is 0 Å². The molecule has 1 amide bonds. The quantitative estimate of drug-likeness (QED) is 0.569. The molecule has 0 aliphatic carbocycles. The summed E-state index contributed by atoms with van der Waals surface area (Å²) in [5.74, 6) is 0.331. The number of carbonyl (C=O) groups is 1. The molecule has 1 rings (SSSR count). The molecule has 0 aromatic carbocycles. The number of aliphatic imine (C=N–C) groups is 1. The van der Waals surface area contributed by atoms with Crippen molar-refractivity contribution >= 4 is 11.9 Å². The Morgan fingerprint density at radius 2 is 2.33 bits per heavy atom. The predicted octanol–water partition coefficient (Wildman–Crippen LogP) is 0.414. The number of halogens is 2. The lowest BCUT2D eigenvalue weighted by Crippen LogP contribution is -2.44. The van der Waals surface area contributed by atoms with E-state index in [2.05, 4.69) is 17.2 Å². The Kier molecular flexibility index (Phi) is 5.80. The molecule has 1 aliphatic rings. The number of nitrogens with zero attached hydrogens (tertiary/aromatic N) is 2. The van der Waals surface area contributed by atoms with E-state index in [1.807, 2.05) is 4.90 Å². The van der Waals surface area contributed by atoms with Gasteiger partial charge in [-0.3, -0.25) is 4.79 Å². The molecule has 7 heteroatoms. The number of guanidine groups is 1. The summed E-state index contributed by atoms with van der Waals surface area (Å²) in [6, 6.07) is 0. The van der Waals surface area contributed by atoms with Crippen molar-refractivity contribution in [3.05, 3.63) is 0 Å². The number of hydrogen-bond donors (Lipinski definition) is 2. The Hall–Kier alpha value is -1.40. The van der Waals surface area contributed by atoms with Gasteiger partial charge in [0, 0.05) is 13.1 Å². The third-order valence-corrected chi connectivity index (χ3v) is 2.82. The number of rotatable bonds is 4. The monoisotopic (exact) mass is 262 g/mol. The maximum atomic E-state index is 11.8. The third-order valence-electron chi connectivity index (χ3n) is 2.82. The summed E-state index contributed by atoms with van der Waals surface area (Å²) < 4.78 is 23.7. The summed E-state index contributed by atoms with van der Waals surface area (Å²) in [6.45, 7) is 2.94. The van der Waals surface area contributed by atoms with E-state index in [1.54, 1.807) is 0 Å². The molecule has 1 aliphatic heterocycles. The molecule has 0 spiro atoms. The highest BCUT2D eigenvalue weighted by Crippen LogP contribution is 2.14. The Labute approximate surface area is 105 Å². The number of alkyl halides is 2. The lowest BCUT2D eigenvalue weighted by atomic mass is 10.0. The fourth-order valence-electron chi connectivity index (χ4n) is 1.90. The van der Waals surface area contributed by atoms with E-state index in [0.717, 1.165) is 19.5 Å². The summed E-state index contributed by atoms with van der Waals surface area (Å²) in [6.07, 6.45) is -0.327. The lowest BCUT2D eigenvalue weighted by molar-refractivity contribution is -0.120. The summed E-state index contributed by atoms with van der Waals surface area (Å²) in [5, 5.41) is 2.08. The minimum absolute atomic E-state index is 0.205. The van der Waals surface area contributed by atoms with Crippen molar-refractivity contribution < 1.29 is 13.6 Å². The second-order valence-corrected chi connectivity index (χ2v) is 4.56. The second kappa shape index (κ2) is 7.13. The number of nitrogens with two attached hydrogens (primary N) is 1. The van der Waals surface area contributed by atoms with Crippen LogP contribution >= 0.6 is 0 Å². The average Bonchev–Trinajstić information content (AvgIpc) is 2.33. The van der Waals surface area contributed by atoms with Crippen LogP contribution < -0.4 is 11.1 Å². The zero-order chi connectivity index (χ0) is 13.5. The third kappa shape index (κ3) is 5.29. The van der Waals surface area contributed by atoms with Crippen LogP contribution in [0.3, 0.4) is 0 Å². The van der Waals surface area contributed by atoms with Gasteiger partial charge in [-0.25, -0.2) is 13.8 Å². The number of piperidine rings is 1. The second-order valence-electron chi connectivity index (χ2n) is 4.56. The zero-order valence-corrected chi connectivity index (χ0v) is 10.5. The van der Waals surface area contributed by atoms with E-state index < -0.39 is 18.9 Å². The first-order chi connectivity index (χ1) is 8.49. The van der Waals surface area contributed by atoms with Gasteiger partial charge in [0.25, 0.3) is 6.43 Å². The molecule has 0 saturated carbocycles. The highest BCUT2D eigenvalue weighted by Gasteiger charge is 2.17. The van der Waals surface area contributed by atoms with Crippen LogP contribution in [0.5, 0.6) is 0 Å². The average molecular weight is 262 g/mol. The van der Waals surface area contributed by atoms with Crippen LogP contribution in [-0.2, 0) is 4.79 Å². The van der Waals surface area contributed by atoms with E-state index >= 15 is 0 Å². The van der Waals surface area contributed by atoms with Crippen LogP contribution in [0, 0.1) is 5.92 Å². The molecule has 0 aromatic heterocycles. The number of amides is 1. The molecule has 1 unspecified atom stereocenters. The van der Waals surface area contributed by atoms with E-state index in [1.165, 1.54) is 6.42 Å². The van der Waals surface area contributed by atoms with Crippen molar-refractivity contribution in [2.75, 3.05) is 26.2 Å². The first-order valence-electron chi connectivity index (χ1n) is 6.08. The van der Waals surface area contributed by atoms with Crippen LogP contribution in [0.25, 0.3) is 0 Å². The fourth-order valence-corrected chi connectivity index (χ4v) is 1.90. The molecule has 1 heterocycles. The van der Waals surface area contributed by atoms with Gasteiger partial charge in [0.2, 0.25) is 5.91 Å². The van der Waals surface area contributed by atoms with Crippen LogP contribution in [0.4, 0.5) is 8.78 Å². The zero-order valence-electron chi connectivity index (χ0n) is 10.5. The normalized spacial score (nSPS) is 21.2. The van der Waals surface area contributed by atoms with Gasteiger partial charge in [-0.2, -0.15) is 0 Å². The molecule has 1 saturated heterocycles. The van der Waals surface area contributed by atoms with Crippen LogP contribution in [0.15, 0.2) is 4.99 Å². The van der Waals surface area contributed by atoms with Crippen molar-refractivity contribution in [2.45, 2.75) is 26.2 Å². The Balaban J connectivity index is 2.34. The topological polar surface area (TPSA) is 70.7 Å². The standard InChI is InChI=1S/C11H20F2N4O/c1-8-3-2-4-17(7-8)11(14)16-6-10(18)15-5-9(12)13/h8-9H,2-7H2,1H3,(H2,14,16)(H,15,18). The van der Waals surface area contributed by atoms with Gasteiger partial charge in [-0.15, -0.1) is 0 Å².